The summed E-state index contributed by atoms with van der Waals surface area (Å²) in [5, 5.41) is 4.08. The molecule has 3 aromatic carbocycles. The van der Waals surface area contributed by atoms with Crippen LogP contribution in [0.1, 0.15) is 22.3 Å². The van der Waals surface area contributed by atoms with Gasteiger partial charge in [0.1, 0.15) is 5.75 Å². The van der Waals surface area contributed by atoms with E-state index in [0.717, 1.165) is 18.6 Å². The molecule has 0 bridgehead atoms. The molecule has 1 aliphatic rings. The second-order valence-electron chi connectivity index (χ2n) is 9.58. The topological polar surface area (TPSA) is 96.6 Å². The average molecular weight is 537 g/mol. The molecule has 0 aliphatic carbocycles. The van der Waals surface area contributed by atoms with E-state index in [1.807, 2.05) is 25.1 Å². The van der Waals surface area contributed by atoms with Crippen LogP contribution in [0.5, 0.6) is 11.6 Å². The number of amides is 1. The number of rotatable bonds is 6. The Kier molecular flexibility index (Phi) is 7.00. The zero-order chi connectivity index (χ0) is 27.7. The normalized spacial score (nSPS) is 15.6. The summed E-state index contributed by atoms with van der Waals surface area (Å²) < 4.78 is 46.5. The quantitative estimate of drug-likeness (QED) is 0.340. The zero-order valence-corrected chi connectivity index (χ0v) is 21.4. The van der Waals surface area contributed by atoms with Crippen LogP contribution in [0.25, 0.3) is 10.8 Å². The number of likely N-dealkylation sites (N-methyl/N-ethyl adjacent to an activating group) is 1. The first kappa shape index (κ1) is 26.2. The first-order valence-electron chi connectivity index (χ1n) is 12.3. The third-order valence-corrected chi connectivity index (χ3v) is 6.77. The summed E-state index contributed by atoms with van der Waals surface area (Å²) in [6, 6.07) is 15.6. The van der Waals surface area contributed by atoms with E-state index < -0.39 is 17.6 Å². The number of anilines is 3. The van der Waals surface area contributed by atoms with E-state index in [4.69, 9.17) is 10.5 Å². The van der Waals surface area contributed by atoms with Crippen molar-refractivity contribution >= 4 is 34.0 Å². The van der Waals surface area contributed by atoms with E-state index in [2.05, 4.69) is 20.2 Å². The van der Waals surface area contributed by atoms with Gasteiger partial charge >= 0.3 is 6.18 Å². The molecule has 39 heavy (non-hydrogen) atoms. The Morgan fingerprint density at radius 3 is 2.67 bits per heavy atom. The molecule has 1 aromatic heterocycles. The summed E-state index contributed by atoms with van der Waals surface area (Å²) in [7, 11) is 3.95. The molecule has 1 atom stereocenters. The van der Waals surface area contributed by atoms with E-state index >= 15 is 0 Å². The highest BCUT2D eigenvalue weighted by Gasteiger charge is 2.33. The van der Waals surface area contributed by atoms with E-state index in [9.17, 15) is 18.0 Å². The molecular formula is C28H27F3N6O2. The standard InChI is InChI=1S/C28H27F3N6O2/c1-36(2)19-11-13-37(16-19)24-9-6-18(28(29,30)31)15-23(24)34-26(38)22-5-3-4-17-14-20(7-8-21(17)22)39-25-10-12-33-27(32)35-25/h3-10,12,14-15,19H,11,13,16H2,1-2H3,(H,34,38)(H2,32,33,35). The number of hydrogen-bond donors (Lipinski definition) is 2. The Morgan fingerprint density at radius 2 is 1.95 bits per heavy atom. The fourth-order valence-electron chi connectivity index (χ4n) is 4.72. The molecule has 8 nitrogen and oxygen atoms in total. The van der Waals surface area contributed by atoms with Crippen molar-refractivity contribution in [2.45, 2.75) is 18.6 Å². The summed E-state index contributed by atoms with van der Waals surface area (Å²) in [6.45, 7) is 1.32. The molecule has 1 saturated heterocycles. The summed E-state index contributed by atoms with van der Waals surface area (Å²) in [4.78, 5) is 25.4. The highest BCUT2D eigenvalue weighted by atomic mass is 19.4. The number of halogens is 3. The number of nitrogens with two attached hydrogens (primary N) is 1. The van der Waals surface area contributed by atoms with Crippen LogP contribution in [-0.4, -0.2) is 54.0 Å². The molecule has 0 spiro atoms. The second-order valence-corrected chi connectivity index (χ2v) is 9.58. The number of carbonyl (C=O) groups is 1. The fraction of sp³-hybridized carbons (Fsp3) is 0.250. The number of nitrogens with one attached hydrogen (secondary N) is 1. The number of hydrogen-bond acceptors (Lipinski definition) is 7. The predicted molar refractivity (Wildman–Crippen MR) is 144 cm³/mol. The van der Waals surface area contributed by atoms with Gasteiger partial charge in [-0.3, -0.25) is 4.79 Å². The van der Waals surface area contributed by atoms with Crippen molar-refractivity contribution in [3.8, 4) is 11.6 Å². The summed E-state index contributed by atoms with van der Waals surface area (Å²) in [5.41, 5.74) is 5.78. The van der Waals surface area contributed by atoms with Crippen LogP contribution in [0.4, 0.5) is 30.5 Å². The minimum absolute atomic E-state index is 0.0763. The molecule has 11 heteroatoms. The monoisotopic (exact) mass is 536 g/mol. The van der Waals surface area contributed by atoms with Gasteiger partial charge in [-0.1, -0.05) is 12.1 Å². The van der Waals surface area contributed by atoms with E-state index in [0.29, 0.717) is 40.9 Å². The van der Waals surface area contributed by atoms with Crippen molar-refractivity contribution in [2.24, 2.45) is 0 Å². The first-order chi connectivity index (χ1) is 18.6. The lowest BCUT2D eigenvalue weighted by Gasteiger charge is -2.25. The number of aromatic nitrogens is 2. The number of fused-ring (bicyclic) bond motifs is 1. The van der Waals surface area contributed by atoms with Crippen LogP contribution in [0, 0.1) is 0 Å². The number of benzene rings is 3. The number of ether oxygens (including phenoxy) is 1. The third-order valence-electron chi connectivity index (χ3n) is 6.77. The Balaban J connectivity index is 1.45. The van der Waals surface area contributed by atoms with E-state index in [-0.39, 0.29) is 23.6 Å². The fourth-order valence-corrected chi connectivity index (χ4v) is 4.72. The maximum Gasteiger partial charge on any atom is 0.416 e. The van der Waals surface area contributed by atoms with Crippen molar-refractivity contribution < 1.29 is 22.7 Å². The van der Waals surface area contributed by atoms with Crippen LogP contribution in [-0.2, 0) is 6.18 Å². The summed E-state index contributed by atoms with van der Waals surface area (Å²) in [5.74, 6) is 0.309. The average Bonchev–Trinajstić information content (AvgIpc) is 3.38. The van der Waals surface area contributed by atoms with Gasteiger partial charge in [-0.05, 0) is 73.8 Å². The lowest BCUT2D eigenvalue weighted by Crippen LogP contribution is -2.31. The Labute approximate surface area is 223 Å². The van der Waals surface area contributed by atoms with Gasteiger partial charge in [-0.2, -0.15) is 18.2 Å². The molecular weight excluding hydrogens is 509 g/mol. The summed E-state index contributed by atoms with van der Waals surface area (Å²) >= 11 is 0. The van der Waals surface area contributed by atoms with Gasteiger partial charge in [0.05, 0.1) is 16.9 Å². The van der Waals surface area contributed by atoms with Crippen LogP contribution in [0.3, 0.4) is 0 Å². The molecule has 0 radical (unpaired) electrons. The van der Waals surface area contributed by atoms with Gasteiger partial charge < -0.3 is 25.6 Å². The molecule has 202 valence electrons. The minimum atomic E-state index is -4.54. The smallest absolute Gasteiger partial charge is 0.416 e. The van der Waals surface area contributed by atoms with Crippen molar-refractivity contribution in [3.05, 3.63) is 78.0 Å². The van der Waals surface area contributed by atoms with Crippen LogP contribution in [0.2, 0.25) is 0 Å². The Bertz CT molecular complexity index is 1530. The molecule has 1 fully saturated rings. The second kappa shape index (κ2) is 10.4. The molecule has 3 N–H and O–H groups in total. The van der Waals surface area contributed by atoms with E-state index in [1.165, 1.54) is 12.3 Å². The zero-order valence-electron chi connectivity index (χ0n) is 21.4. The number of alkyl halides is 3. The minimum Gasteiger partial charge on any atom is -0.439 e. The van der Waals surface area contributed by atoms with Crippen molar-refractivity contribution in [1.82, 2.24) is 14.9 Å². The lowest BCUT2D eigenvalue weighted by molar-refractivity contribution is -0.137. The van der Waals surface area contributed by atoms with Crippen LogP contribution in [0.15, 0.2) is 66.9 Å². The Morgan fingerprint density at radius 1 is 1.13 bits per heavy atom. The van der Waals surface area contributed by atoms with Crippen molar-refractivity contribution in [2.75, 3.05) is 43.1 Å². The predicted octanol–water partition coefficient (Wildman–Crippen LogP) is 5.42. The SMILES string of the molecule is CN(C)C1CCN(c2ccc(C(F)(F)F)cc2NC(=O)c2cccc3cc(Oc4ccnc(N)n4)ccc23)C1. The van der Waals surface area contributed by atoms with Crippen molar-refractivity contribution in [1.29, 1.82) is 0 Å². The molecule has 2 heterocycles. The highest BCUT2D eigenvalue weighted by Crippen LogP contribution is 2.37. The Hall–Kier alpha value is -4.38. The van der Waals surface area contributed by atoms with Gasteiger partial charge in [-0.15, -0.1) is 0 Å². The molecule has 1 amide bonds. The van der Waals surface area contributed by atoms with Gasteiger partial charge in [0.25, 0.3) is 5.91 Å². The number of nitrogen functional groups attached to an aromatic ring is 1. The van der Waals surface area contributed by atoms with E-state index in [1.54, 1.807) is 36.4 Å². The van der Waals surface area contributed by atoms with Gasteiger partial charge in [0.15, 0.2) is 0 Å². The molecule has 5 rings (SSSR count). The first-order valence-corrected chi connectivity index (χ1v) is 12.3. The molecule has 4 aromatic rings. The maximum atomic E-state index is 13.6. The maximum absolute atomic E-state index is 13.6. The highest BCUT2D eigenvalue weighted by molar-refractivity contribution is 6.14. The van der Waals surface area contributed by atoms with Crippen LogP contribution >= 0.6 is 0 Å². The molecule has 0 saturated carbocycles. The molecule has 1 unspecified atom stereocenters. The summed E-state index contributed by atoms with van der Waals surface area (Å²) in [6.07, 6.45) is -2.19. The lowest BCUT2D eigenvalue weighted by atomic mass is 10.0. The van der Waals surface area contributed by atoms with Crippen molar-refractivity contribution in [3.63, 3.8) is 0 Å². The number of nitrogens with zero attached hydrogens (tertiary/aromatic N) is 4. The third kappa shape index (κ3) is 5.73. The van der Waals surface area contributed by atoms with Crippen LogP contribution < -0.4 is 20.7 Å². The largest absolute Gasteiger partial charge is 0.439 e. The number of carbonyl (C=O) groups excluding carboxylic acids is 1. The van der Waals surface area contributed by atoms with Gasteiger partial charge in [0.2, 0.25) is 11.8 Å². The van der Waals surface area contributed by atoms with Gasteiger partial charge in [-0.25, -0.2) is 4.98 Å². The van der Waals surface area contributed by atoms with Gasteiger partial charge in [0, 0.05) is 37.0 Å². The molecule has 1 aliphatic heterocycles.